The second kappa shape index (κ2) is 5.60. The van der Waals surface area contributed by atoms with Crippen molar-refractivity contribution in [2.45, 2.75) is 20.4 Å². The SMILES string of the molecule is Cc1cccc(C)c1Cn1cnc2ccc(I)cc2c1=O. The summed E-state index contributed by atoms with van der Waals surface area (Å²) < 4.78 is 2.73. The summed E-state index contributed by atoms with van der Waals surface area (Å²) >= 11 is 2.21. The second-order valence-corrected chi connectivity index (χ2v) is 6.46. The molecule has 4 heteroatoms. The maximum Gasteiger partial charge on any atom is 0.261 e. The molecule has 0 amide bonds. The van der Waals surface area contributed by atoms with Crippen LogP contribution >= 0.6 is 22.6 Å². The molecule has 0 unspecified atom stereocenters. The van der Waals surface area contributed by atoms with Gasteiger partial charge in [0.25, 0.3) is 5.56 Å². The molecule has 0 bridgehead atoms. The van der Waals surface area contributed by atoms with Gasteiger partial charge in [0.05, 0.1) is 23.8 Å². The van der Waals surface area contributed by atoms with Crippen LogP contribution in [0.15, 0.2) is 47.5 Å². The Kier molecular flexibility index (Phi) is 3.80. The van der Waals surface area contributed by atoms with Crippen LogP contribution in [0.3, 0.4) is 0 Å². The van der Waals surface area contributed by atoms with Gasteiger partial charge < -0.3 is 0 Å². The number of fused-ring (bicyclic) bond motifs is 1. The predicted octanol–water partition coefficient (Wildman–Crippen LogP) is 3.67. The van der Waals surface area contributed by atoms with Crippen LogP contribution in [-0.2, 0) is 6.54 Å². The van der Waals surface area contributed by atoms with E-state index in [1.165, 1.54) is 16.7 Å². The van der Waals surface area contributed by atoms with Crippen molar-refractivity contribution in [1.29, 1.82) is 0 Å². The van der Waals surface area contributed by atoms with Crippen molar-refractivity contribution < 1.29 is 0 Å². The molecule has 0 aliphatic rings. The van der Waals surface area contributed by atoms with E-state index in [1.54, 1.807) is 10.9 Å². The van der Waals surface area contributed by atoms with Crippen LogP contribution < -0.4 is 5.56 Å². The average Bonchev–Trinajstić information content (AvgIpc) is 2.46. The average molecular weight is 390 g/mol. The number of aryl methyl sites for hydroxylation is 2. The van der Waals surface area contributed by atoms with Crippen molar-refractivity contribution in [3.05, 3.63) is 73.3 Å². The molecule has 0 aliphatic carbocycles. The van der Waals surface area contributed by atoms with Gasteiger partial charge in [-0.05, 0) is 71.3 Å². The lowest BCUT2D eigenvalue weighted by atomic mass is 10.0. The molecular weight excluding hydrogens is 375 g/mol. The zero-order chi connectivity index (χ0) is 15.0. The van der Waals surface area contributed by atoms with Crippen LogP contribution in [0.2, 0.25) is 0 Å². The fraction of sp³-hybridized carbons (Fsp3) is 0.176. The molecule has 3 aromatic rings. The highest BCUT2D eigenvalue weighted by atomic mass is 127. The van der Waals surface area contributed by atoms with Crippen molar-refractivity contribution in [3.8, 4) is 0 Å². The van der Waals surface area contributed by atoms with Crippen molar-refractivity contribution in [1.82, 2.24) is 9.55 Å². The van der Waals surface area contributed by atoms with E-state index in [0.29, 0.717) is 11.9 Å². The van der Waals surface area contributed by atoms with E-state index in [-0.39, 0.29) is 5.56 Å². The minimum Gasteiger partial charge on any atom is -0.294 e. The number of nitrogens with zero attached hydrogens (tertiary/aromatic N) is 2. The van der Waals surface area contributed by atoms with Crippen LogP contribution in [0.5, 0.6) is 0 Å². The second-order valence-electron chi connectivity index (χ2n) is 5.21. The Hall–Kier alpha value is -1.69. The highest BCUT2D eigenvalue weighted by Crippen LogP contribution is 2.15. The van der Waals surface area contributed by atoms with Crippen LogP contribution in [0.1, 0.15) is 16.7 Å². The van der Waals surface area contributed by atoms with Crippen molar-refractivity contribution in [3.63, 3.8) is 0 Å². The number of benzene rings is 2. The number of rotatable bonds is 2. The van der Waals surface area contributed by atoms with Gasteiger partial charge in [0.2, 0.25) is 0 Å². The van der Waals surface area contributed by atoms with E-state index in [4.69, 9.17) is 0 Å². The van der Waals surface area contributed by atoms with E-state index in [1.807, 2.05) is 24.3 Å². The number of halogens is 1. The van der Waals surface area contributed by atoms with Crippen molar-refractivity contribution in [2.75, 3.05) is 0 Å². The van der Waals surface area contributed by atoms with Gasteiger partial charge in [-0.25, -0.2) is 4.98 Å². The molecule has 0 aliphatic heterocycles. The van der Waals surface area contributed by atoms with Gasteiger partial charge in [-0.2, -0.15) is 0 Å². The highest BCUT2D eigenvalue weighted by molar-refractivity contribution is 14.1. The highest BCUT2D eigenvalue weighted by Gasteiger charge is 2.08. The normalized spacial score (nSPS) is 11.0. The van der Waals surface area contributed by atoms with Crippen LogP contribution in [-0.4, -0.2) is 9.55 Å². The Balaban J connectivity index is 2.14. The minimum absolute atomic E-state index is 0.0150. The summed E-state index contributed by atoms with van der Waals surface area (Å²) in [7, 11) is 0. The fourth-order valence-electron chi connectivity index (χ4n) is 2.51. The van der Waals surface area contributed by atoms with E-state index >= 15 is 0 Å². The molecule has 1 aromatic heterocycles. The van der Waals surface area contributed by atoms with Crippen LogP contribution in [0.4, 0.5) is 0 Å². The van der Waals surface area contributed by atoms with E-state index < -0.39 is 0 Å². The van der Waals surface area contributed by atoms with E-state index in [2.05, 4.69) is 53.6 Å². The predicted molar refractivity (Wildman–Crippen MR) is 93.7 cm³/mol. The first-order valence-corrected chi connectivity index (χ1v) is 7.84. The number of hydrogen-bond donors (Lipinski definition) is 0. The molecule has 0 saturated heterocycles. The number of hydrogen-bond acceptors (Lipinski definition) is 2. The molecule has 0 spiro atoms. The topological polar surface area (TPSA) is 34.9 Å². The van der Waals surface area contributed by atoms with Gasteiger partial charge in [0.1, 0.15) is 0 Å². The van der Waals surface area contributed by atoms with Crippen molar-refractivity contribution in [2.24, 2.45) is 0 Å². The maximum atomic E-state index is 12.6. The monoisotopic (exact) mass is 390 g/mol. The third-order valence-electron chi connectivity index (χ3n) is 3.76. The fourth-order valence-corrected chi connectivity index (χ4v) is 3.00. The van der Waals surface area contributed by atoms with Crippen LogP contribution in [0, 0.1) is 17.4 Å². The quantitative estimate of drug-likeness (QED) is 0.626. The Morgan fingerprint density at radius 1 is 1.14 bits per heavy atom. The third-order valence-corrected chi connectivity index (χ3v) is 4.43. The Morgan fingerprint density at radius 2 is 1.86 bits per heavy atom. The van der Waals surface area contributed by atoms with E-state index in [9.17, 15) is 4.79 Å². The summed E-state index contributed by atoms with van der Waals surface area (Å²) in [5.74, 6) is 0. The lowest BCUT2D eigenvalue weighted by Crippen LogP contribution is -2.22. The summed E-state index contributed by atoms with van der Waals surface area (Å²) in [5.41, 5.74) is 4.35. The van der Waals surface area contributed by atoms with Gasteiger partial charge in [-0.15, -0.1) is 0 Å². The van der Waals surface area contributed by atoms with Gasteiger partial charge in [0.15, 0.2) is 0 Å². The first-order chi connectivity index (χ1) is 10.1. The minimum atomic E-state index is 0.0150. The molecule has 3 rings (SSSR count). The summed E-state index contributed by atoms with van der Waals surface area (Å²) in [4.78, 5) is 17.0. The smallest absolute Gasteiger partial charge is 0.261 e. The third kappa shape index (κ3) is 2.72. The summed E-state index contributed by atoms with van der Waals surface area (Å²) in [6.45, 7) is 4.71. The zero-order valence-electron chi connectivity index (χ0n) is 11.9. The summed E-state index contributed by atoms with van der Waals surface area (Å²) in [6.07, 6.45) is 1.64. The van der Waals surface area contributed by atoms with E-state index in [0.717, 1.165) is 9.09 Å². The molecule has 1 heterocycles. The van der Waals surface area contributed by atoms with Gasteiger partial charge >= 0.3 is 0 Å². The van der Waals surface area contributed by atoms with Gasteiger partial charge in [0, 0.05) is 3.57 Å². The molecule has 0 radical (unpaired) electrons. The summed E-state index contributed by atoms with van der Waals surface area (Å²) in [5, 5.41) is 0.677. The first kappa shape index (κ1) is 14.3. The Morgan fingerprint density at radius 3 is 2.57 bits per heavy atom. The summed E-state index contributed by atoms with van der Waals surface area (Å²) in [6, 6.07) is 11.9. The lowest BCUT2D eigenvalue weighted by molar-refractivity contribution is 0.740. The molecule has 0 fully saturated rings. The molecule has 2 aromatic carbocycles. The molecule has 106 valence electrons. The molecule has 21 heavy (non-hydrogen) atoms. The molecular formula is C17H15IN2O. The molecule has 0 N–H and O–H groups in total. The standard InChI is InChI=1S/C17H15IN2O/c1-11-4-3-5-12(2)15(11)9-20-10-19-16-7-6-13(18)8-14(16)17(20)21/h3-8,10H,9H2,1-2H3. The first-order valence-electron chi connectivity index (χ1n) is 6.76. The maximum absolute atomic E-state index is 12.6. The zero-order valence-corrected chi connectivity index (χ0v) is 14.1. The molecule has 0 saturated carbocycles. The molecule has 0 atom stereocenters. The Bertz CT molecular complexity index is 863. The van der Waals surface area contributed by atoms with Gasteiger partial charge in [-0.1, -0.05) is 18.2 Å². The largest absolute Gasteiger partial charge is 0.294 e. The Labute approximate surface area is 136 Å². The lowest BCUT2D eigenvalue weighted by Gasteiger charge is -2.12. The number of aromatic nitrogens is 2. The van der Waals surface area contributed by atoms with Crippen molar-refractivity contribution >= 4 is 33.5 Å². The van der Waals surface area contributed by atoms with Gasteiger partial charge in [-0.3, -0.25) is 9.36 Å². The van der Waals surface area contributed by atoms with Crippen LogP contribution in [0.25, 0.3) is 10.9 Å². The molecule has 3 nitrogen and oxygen atoms in total.